The van der Waals surface area contributed by atoms with Gasteiger partial charge >= 0.3 is 0 Å². The van der Waals surface area contributed by atoms with E-state index in [2.05, 4.69) is 19.3 Å². The van der Waals surface area contributed by atoms with Gasteiger partial charge in [0.15, 0.2) is 0 Å². The summed E-state index contributed by atoms with van der Waals surface area (Å²) >= 11 is 0. The fourth-order valence-corrected chi connectivity index (χ4v) is 2.42. The van der Waals surface area contributed by atoms with Crippen LogP contribution in [-0.2, 0) is 4.74 Å². The van der Waals surface area contributed by atoms with Gasteiger partial charge in [0.1, 0.15) is 0 Å². The van der Waals surface area contributed by atoms with Gasteiger partial charge in [0.25, 0.3) is 0 Å². The second-order valence-corrected chi connectivity index (χ2v) is 4.69. The fraction of sp³-hybridized carbons (Fsp3) is 1.00. The molecule has 1 fully saturated rings. The monoisotopic (exact) mass is 213 g/mol. The van der Waals surface area contributed by atoms with Crippen LogP contribution in [0.5, 0.6) is 0 Å². The number of hydrogen-bond acceptors (Lipinski definition) is 2. The molecule has 2 unspecified atom stereocenters. The first-order valence-corrected chi connectivity index (χ1v) is 6.65. The Hall–Kier alpha value is -0.0800. The van der Waals surface area contributed by atoms with Gasteiger partial charge in [-0.25, -0.2) is 0 Å². The first kappa shape index (κ1) is 13.0. The van der Waals surface area contributed by atoms with Crippen LogP contribution in [0.15, 0.2) is 0 Å². The lowest BCUT2D eigenvalue weighted by atomic mass is 10.0. The molecule has 1 rings (SSSR count). The molecular weight excluding hydrogens is 186 g/mol. The van der Waals surface area contributed by atoms with E-state index in [-0.39, 0.29) is 0 Å². The highest BCUT2D eigenvalue weighted by molar-refractivity contribution is 4.67. The molecule has 0 bridgehead atoms. The molecule has 2 heteroatoms. The Morgan fingerprint density at radius 1 is 1.33 bits per heavy atom. The summed E-state index contributed by atoms with van der Waals surface area (Å²) in [5.74, 6) is 0. The molecule has 15 heavy (non-hydrogen) atoms. The van der Waals surface area contributed by atoms with E-state index in [4.69, 9.17) is 4.74 Å². The van der Waals surface area contributed by atoms with E-state index in [9.17, 15) is 0 Å². The summed E-state index contributed by atoms with van der Waals surface area (Å²) in [6, 6.07) is 0.736. The van der Waals surface area contributed by atoms with Crippen LogP contribution < -0.4 is 5.32 Å². The lowest BCUT2D eigenvalue weighted by Crippen LogP contribution is -2.24. The van der Waals surface area contributed by atoms with Crippen molar-refractivity contribution in [3.63, 3.8) is 0 Å². The second kappa shape index (κ2) is 8.12. The van der Waals surface area contributed by atoms with Crippen LogP contribution >= 0.6 is 0 Å². The average molecular weight is 213 g/mol. The van der Waals surface area contributed by atoms with Crippen molar-refractivity contribution in [1.29, 1.82) is 0 Å². The normalized spacial score (nSPS) is 23.2. The van der Waals surface area contributed by atoms with Crippen molar-refractivity contribution in [2.24, 2.45) is 0 Å². The predicted octanol–water partition coefficient (Wildman–Crippen LogP) is 3.11. The molecule has 2 atom stereocenters. The summed E-state index contributed by atoms with van der Waals surface area (Å²) in [5.41, 5.74) is 0. The molecule has 0 aliphatic carbocycles. The zero-order valence-electron chi connectivity index (χ0n) is 10.4. The molecule has 0 amide bonds. The Labute approximate surface area is 94.8 Å². The third-order valence-corrected chi connectivity index (χ3v) is 3.40. The van der Waals surface area contributed by atoms with Crippen LogP contribution in [0.1, 0.15) is 58.3 Å². The summed E-state index contributed by atoms with van der Waals surface area (Å²) in [6.07, 6.45) is 11.1. The van der Waals surface area contributed by atoms with Gasteiger partial charge in [-0.2, -0.15) is 0 Å². The van der Waals surface area contributed by atoms with Gasteiger partial charge in [0.2, 0.25) is 0 Å². The van der Waals surface area contributed by atoms with Crippen LogP contribution in [0.25, 0.3) is 0 Å². The molecule has 0 aromatic heterocycles. The van der Waals surface area contributed by atoms with Crippen LogP contribution in [0.3, 0.4) is 0 Å². The molecule has 0 aromatic rings. The molecular formula is C13H27NO. The molecule has 90 valence electrons. The standard InChI is InChI=1S/C13H27NO/c1-3-7-12(14-2)8-4-5-9-13-10-6-11-15-13/h12-14H,3-11H2,1-2H3. The number of rotatable bonds is 8. The number of unbranched alkanes of at least 4 members (excludes halogenated alkanes) is 1. The summed E-state index contributed by atoms with van der Waals surface area (Å²) in [7, 11) is 2.08. The molecule has 0 radical (unpaired) electrons. The zero-order valence-corrected chi connectivity index (χ0v) is 10.4. The van der Waals surface area contributed by atoms with E-state index >= 15 is 0 Å². The SMILES string of the molecule is CCCC(CCCCC1CCCO1)NC. The van der Waals surface area contributed by atoms with Gasteiger partial charge in [-0.15, -0.1) is 0 Å². The maximum absolute atomic E-state index is 5.62. The highest BCUT2D eigenvalue weighted by Crippen LogP contribution is 2.18. The average Bonchev–Trinajstić information content (AvgIpc) is 2.75. The van der Waals surface area contributed by atoms with E-state index in [1.54, 1.807) is 0 Å². The number of ether oxygens (including phenoxy) is 1. The smallest absolute Gasteiger partial charge is 0.0576 e. The largest absolute Gasteiger partial charge is 0.378 e. The van der Waals surface area contributed by atoms with E-state index in [1.165, 1.54) is 51.4 Å². The first-order valence-electron chi connectivity index (χ1n) is 6.65. The maximum Gasteiger partial charge on any atom is 0.0576 e. The Morgan fingerprint density at radius 3 is 2.80 bits per heavy atom. The summed E-state index contributed by atoms with van der Waals surface area (Å²) < 4.78 is 5.62. The minimum Gasteiger partial charge on any atom is -0.378 e. The molecule has 1 aliphatic rings. The zero-order chi connectivity index (χ0) is 10.9. The van der Waals surface area contributed by atoms with Crippen molar-refractivity contribution >= 4 is 0 Å². The molecule has 0 aromatic carbocycles. The summed E-state index contributed by atoms with van der Waals surface area (Å²) in [5, 5.41) is 3.40. The Kier molecular flexibility index (Phi) is 7.03. The molecule has 1 aliphatic heterocycles. The van der Waals surface area contributed by atoms with Gasteiger partial charge in [-0.05, 0) is 39.2 Å². The molecule has 1 saturated heterocycles. The molecule has 1 N–H and O–H groups in total. The Bertz CT molecular complexity index is 143. The lowest BCUT2D eigenvalue weighted by molar-refractivity contribution is 0.102. The quantitative estimate of drug-likeness (QED) is 0.626. The lowest BCUT2D eigenvalue weighted by Gasteiger charge is -2.15. The first-order chi connectivity index (χ1) is 7.36. The van der Waals surface area contributed by atoms with E-state index in [0.29, 0.717) is 6.10 Å². The van der Waals surface area contributed by atoms with E-state index < -0.39 is 0 Å². The molecule has 0 spiro atoms. The van der Waals surface area contributed by atoms with E-state index in [0.717, 1.165) is 12.6 Å². The minimum absolute atomic E-state index is 0.587. The van der Waals surface area contributed by atoms with Gasteiger partial charge in [0.05, 0.1) is 6.10 Å². The van der Waals surface area contributed by atoms with Gasteiger partial charge in [-0.3, -0.25) is 0 Å². The van der Waals surface area contributed by atoms with Crippen LogP contribution in [0.2, 0.25) is 0 Å². The van der Waals surface area contributed by atoms with Crippen molar-refractivity contribution < 1.29 is 4.74 Å². The highest BCUT2D eigenvalue weighted by Gasteiger charge is 2.14. The van der Waals surface area contributed by atoms with Crippen molar-refractivity contribution in [3.8, 4) is 0 Å². The molecule has 2 nitrogen and oxygen atoms in total. The van der Waals surface area contributed by atoms with Crippen molar-refractivity contribution in [3.05, 3.63) is 0 Å². The van der Waals surface area contributed by atoms with Crippen molar-refractivity contribution in [2.75, 3.05) is 13.7 Å². The van der Waals surface area contributed by atoms with Gasteiger partial charge in [0, 0.05) is 12.6 Å². The third-order valence-electron chi connectivity index (χ3n) is 3.40. The highest BCUT2D eigenvalue weighted by atomic mass is 16.5. The number of hydrogen-bond donors (Lipinski definition) is 1. The third kappa shape index (κ3) is 5.53. The second-order valence-electron chi connectivity index (χ2n) is 4.69. The van der Waals surface area contributed by atoms with Gasteiger partial charge in [-0.1, -0.05) is 26.2 Å². The fourth-order valence-electron chi connectivity index (χ4n) is 2.42. The predicted molar refractivity (Wildman–Crippen MR) is 65.2 cm³/mol. The molecule has 0 saturated carbocycles. The maximum atomic E-state index is 5.62. The van der Waals surface area contributed by atoms with Crippen LogP contribution in [0.4, 0.5) is 0 Å². The summed E-state index contributed by atoms with van der Waals surface area (Å²) in [6.45, 7) is 3.26. The Morgan fingerprint density at radius 2 is 2.20 bits per heavy atom. The van der Waals surface area contributed by atoms with Gasteiger partial charge < -0.3 is 10.1 Å². The van der Waals surface area contributed by atoms with Crippen molar-refractivity contribution in [1.82, 2.24) is 5.32 Å². The summed E-state index contributed by atoms with van der Waals surface area (Å²) in [4.78, 5) is 0. The van der Waals surface area contributed by atoms with E-state index in [1.807, 2.05) is 0 Å². The Balaban J connectivity index is 1.94. The minimum atomic E-state index is 0.587. The molecule has 1 heterocycles. The van der Waals surface area contributed by atoms with Crippen molar-refractivity contribution in [2.45, 2.75) is 70.4 Å². The topological polar surface area (TPSA) is 21.3 Å². The van der Waals surface area contributed by atoms with Crippen LogP contribution in [-0.4, -0.2) is 25.8 Å². The van der Waals surface area contributed by atoms with Crippen LogP contribution in [0, 0.1) is 0 Å². The number of nitrogens with one attached hydrogen (secondary N) is 1.